The second-order valence-corrected chi connectivity index (χ2v) is 5.15. The fourth-order valence-electron chi connectivity index (χ4n) is 1.40. The van der Waals surface area contributed by atoms with Gasteiger partial charge in [0.1, 0.15) is 15.4 Å². The third-order valence-electron chi connectivity index (χ3n) is 2.18. The van der Waals surface area contributed by atoms with Gasteiger partial charge < -0.3 is 11.1 Å². The second-order valence-electron chi connectivity index (χ2n) is 3.41. The van der Waals surface area contributed by atoms with E-state index in [1.54, 1.807) is 23.6 Å². The van der Waals surface area contributed by atoms with Crippen LogP contribution in [0.4, 0.5) is 11.8 Å². The van der Waals surface area contributed by atoms with Crippen LogP contribution in [0.15, 0.2) is 22.2 Å². The Morgan fingerprint density at radius 3 is 2.94 bits per heavy atom. The SMILES string of the molecule is CCC(Nc1nc(N)cc(Br)n1)c1nccs1. The first-order valence-corrected chi connectivity index (χ1v) is 6.82. The Morgan fingerprint density at radius 1 is 1.53 bits per heavy atom. The molecule has 0 aliphatic rings. The molecule has 17 heavy (non-hydrogen) atoms. The third kappa shape index (κ3) is 3.13. The van der Waals surface area contributed by atoms with Gasteiger partial charge in [-0.05, 0) is 22.4 Å². The minimum absolute atomic E-state index is 0.115. The third-order valence-corrected chi connectivity index (χ3v) is 3.47. The number of nitrogens with one attached hydrogen (secondary N) is 1. The molecule has 0 aromatic carbocycles. The quantitative estimate of drug-likeness (QED) is 0.849. The number of halogens is 1. The highest BCUT2D eigenvalue weighted by molar-refractivity contribution is 9.10. The number of nitrogens with zero attached hydrogens (tertiary/aromatic N) is 3. The zero-order valence-corrected chi connectivity index (χ0v) is 11.6. The van der Waals surface area contributed by atoms with Gasteiger partial charge in [-0.1, -0.05) is 6.92 Å². The summed E-state index contributed by atoms with van der Waals surface area (Å²) in [7, 11) is 0. The molecular formula is C10H12BrN5S. The minimum Gasteiger partial charge on any atom is -0.383 e. The first-order valence-electron chi connectivity index (χ1n) is 5.15. The summed E-state index contributed by atoms with van der Waals surface area (Å²) in [5.41, 5.74) is 5.66. The van der Waals surface area contributed by atoms with Crippen LogP contribution in [0.5, 0.6) is 0 Å². The Kier molecular flexibility index (Phi) is 3.90. The molecule has 3 N–H and O–H groups in total. The number of anilines is 2. The maximum Gasteiger partial charge on any atom is 0.226 e. The Balaban J connectivity index is 2.18. The van der Waals surface area contributed by atoms with Gasteiger partial charge in [-0.2, -0.15) is 4.98 Å². The van der Waals surface area contributed by atoms with Crippen molar-refractivity contribution >= 4 is 39.0 Å². The Morgan fingerprint density at radius 2 is 2.35 bits per heavy atom. The van der Waals surface area contributed by atoms with Crippen molar-refractivity contribution in [2.45, 2.75) is 19.4 Å². The number of thiazole rings is 1. The van der Waals surface area contributed by atoms with Crippen molar-refractivity contribution in [1.29, 1.82) is 0 Å². The first-order chi connectivity index (χ1) is 8.19. The van der Waals surface area contributed by atoms with Crippen molar-refractivity contribution in [2.24, 2.45) is 0 Å². The molecule has 0 radical (unpaired) electrons. The van der Waals surface area contributed by atoms with Crippen molar-refractivity contribution in [1.82, 2.24) is 15.0 Å². The van der Waals surface area contributed by atoms with Crippen LogP contribution in [0.3, 0.4) is 0 Å². The normalized spacial score (nSPS) is 12.4. The zero-order valence-electron chi connectivity index (χ0n) is 9.22. The number of hydrogen-bond acceptors (Lipinski definition) is 6. The van der Waals surface area contributed by atoms with Crippen molar-refractivity contribution in [3.63, 3.8) is 0 Å². The summed E-state index contributed by atoms with van der Waals surface area (Å²) in [4.78, 5) is 12.6. The molecule has 5 nitrogen and oxygen atoms in total. The topological polar surface area (TPSA) is 76.7 Å². The van der Waals surface area contributed by atoms with E-state index in [9.17, 15) is 0 Å². The molecule has 2 aromatic heterocycles. The lowest BCUT2D eigenvalue weighted by Gasteiger charge is -2.14. The summed E-state index contributed by atoms with van der Waals surface area (Å²) in [5.74, 6) is 0.947. The summed E-state index contributed by atoms with van der Waals surface area (Å²) >= 11 is 4.90. The molecule has 2 rings (SSSR count). The van der Waals surface area contributed by atoms with Gasteiger partial charge in [0.15, 0.2) is 0 Å². The molecule has 2 aromatic rings. The fraction of sp³-hybridized carbons (Fsp3) is 0.300. The predicted molar refractivity (Wildman–Crippen MR) is 72.9 cm³/mol. The van der Waals surface area contributed by atoms with E-state index in [0.717, 1.165) is 11.4 Å². The van der Waals surface area contributed by atoms with Gasteiger partial charge >= 0.3 is 0 Å². The average Bonchev–Trinajstić information content (AvgIpc) is 2.77. The molecule has 1 unspecified atom stereocenters. The zero-order chi connectivity index (χ0) is 12.3. The largest absolute Gasteiger partial charge is 0.383 e. The summed E-state index contributed by atoms with van der Waals surface area (Å²) < 4.78 is 0.668. The average molecular weight is 314 g/mol. The van der Waals surface area contributed by atoms with Gasteiger partial charge in [0.25, 0.3) is 0 Å². The van der Waals surface area contributed by atoms with Crippen molar-refractivity contribution < 1.29 is 0 Å². The fourth-order valence-corrected chi connectivity index (χ4v) is 2.58. The first kappa shape index (κ1) is 12.3. The summed E-state index contributed by atoms with van der Waals surface area (Å²) in [5, 5.41) is 6.21. The van der Waals surface area contributed by atoms with Gasteiger partial charge in [-0.25, -0.2) is 9.97 Å². The lowest BCUT2D eigenvalue weighted by molar-refractivity contribution is 0.731. The molecular weight excluding hydrogens is 302 g/mol. The lowest BCUT2D eigenvalue weighted by atomic mass is 10.2. The standard InChI is InChI=1S/C10H12BrN5S/c1-2-6(9-13-3-4-17-9)14-10-15-7(11)5-8(12)16-10/h3-6H,2H2,1H3,(H3,12,14,15,16). The number of rotatable bonds is 4. The van der Waals surface area contributed by atoms with E-state index in [0.29, 0.717) is 16.4 Å². The molecule has 0 amide bonds. The van der Waals surface area contributed by atoms with Gasteiger partial charge in [-0.3, -0.25) is 0 Å². The van der Waals surface area contributed by atoms with Crippen LogP contribution in [0.2, 0.25) is 0 Å². The van der Waals surface area contributed by atoms with Crippen LogP contribution < -0.4 is 11.1 Å². The molecule has 0 saturated carbocycles. The van der Waals surface area contributed by atoms with E-state index in [-0.39, 0.29) is 6.04 Å². The van der Waals surface area contributed by atoms with Gasteiger partial charge in [0, 0.05) is 17.6 Å². The predicted octanol–water partition coefficient (Wildman–Crippen LogP) is 2.84. The van der Waals surface area contributed by atoms with Gasteiger partial charge in [0.2, 0.25) is 5.95 Å². The maximum atomic E-state index is 5.66. The summed E-state index contributed by atoms with van der Waals surface area (Å²) in [6, 6.07) is 1.78. The molecule has 0 bridgehead atoms. The Labute approximate surface area is 112 Å². The van der Waals surface area contributed by atoms with E-state index < -0.39 is 0 Å². The minimum atomic E-state index is 0.115. The van der Waals surface area contributed by atoms with Crippen LogP contribution in [0.1, 0.15) is 24.4 Å². The molecule has 7 heteroatoms. The maximum absolute atomic E-state index is 5.66. The second kappa shape index (κ2) is 5.42. The van der Waals surface area contributed by atoms with Gasteiger partial charge in [-0.15, -0.1) is 11.3 Å². The monoisotopic (exact) mass is 313 g/mol. The number of nitrogen functional groups attached to an aromatic ring is 1. The van der Waals surface area contributed by atoms with Crippen LogP contribution >= 0.6 is 27.3 Å². The van der Waals surface area contributed by atoms with Crippen molar-refractivity contribution in [2.75, 3.05) is 11.1 Å². The molecule has 0 saturated heterocycles. The van der Waals surface area contributed by atoms with E-state index in [2.05, 4.69) is 43.1 Å². The Bertz CT molecular complexity index is 467. The highest BCUT2D eigenvalue weighted by Gasteiger charge is 2.13. The van der Waals surface area contributed by atoms with E-state index in [4.69, 9.17) is 5.73 Å². The smallest absolute Gasteiger partial charge is 0.226 e. The van der Waals surface area contributed by atoms with Crippen molar-refractivity contribution in [3.8, 4) is 0 Å². The molecule has 0 aliphatic heterocycles. The van der Waals surface area contributed by atoms with E-state index in [1.807, 2.05) is 5.38 Å². The highest BCUT2D eigenvalue weighted by atomic mass is 79.9. The van der Waals surface area contributed by atoms with Crippen molar-refractivity contribution in [3.05, 3.63) is 27.3 Å². The van der Waals surface area contributed by atoms with Crippen LogP contribution in [-0.4, -0.2) is 15.0 Å². The Hall–Kier alpha value is -1.21. The highest BCUT2D eigenvalue weighted by Crippen LogP contribution is 2.23. The summed E-state index contributed by atoms with van der Waals surface area (Å²) in [6.45, 7) is 2.08. The van der Waals surface area contributed by atoms with E-state index in [1.165, 1.54) is 0 Å². The summed E-state index contributed by atoms with van der Waals surface area (Å²) in [6.07, 6.45) is 2.70. The van der Waals surface area contributed by atoms with Crippen LogP contribution in [0, 0.1) is 0 Å². The van der Waals surface area contributed by atoms with Crippen LogP contribution in [-0.2, 0) is 0 Å². The number of hydrogen-bond donors (Lipinski definition) is 2. The van der Waals surface area contributed by atoms with Crippen LogP contribution in [0.25, 0.3) is 0 Å². The lowest BCUT2D eigenvalue weighted by Crippen LogP contribution is -2.12. The molecule has 0 fully saturated rings. The number of aromatic nitrogens is 3. The molecule has 0 spiro atoms. The van der Waals surface area contributed by atoms with E-state index >= 15 is 0 Å². The molecule has 2 heterocycles. The number of nitrogens with two attached hydrogens (primary N) is 1. The molecule has 1 atom stereocenters. The molecule has 90 valence electrons. The molecule has 0 aliphatic carbocycles. The van der Waals surface area contributed by atoms with Gasteiger partial charge in [0.05, 0.1) is 6.04 Å².